The molecular formula is C16H23N7. The Morgan fingerprint density at radius 2 is 2.00 bits per heavy atom. The Bertz CT molecular complexity index is 618. The van der Waals surface area contributed by atoms with Crippen molar-refractivity contribution in [2.24, 2.45) is 5.92 Å². The van der Waals surface area contributed by atoms with E-state index >= 15 is 0 Å². The average Bonchev–Trinajstić information content (AvgIpc) is 3.09. The minimum absolute atomic E-state index is 0.592. The lowest BCUT2D eigenvalue weighted by atomic mass is 10.0. The highest BCUT2D eigenvalue weighted by atomic mass is 15.3. The zero-order valence-electron chi connectivity index (χ0n) is 13.2. The van der Waals surface area contributed by atoms with Gasteiger partial charge >= 0.3 is 0 Å². The molecule has 0 radical (unpaired) electrons. The number of rotatable bonds is 4. The van der Waals surface area contributed by atoms with E-state index in [9.17, 15) is 0 Å². The van der Waals surface area contributed by atoms with Crippen LogP contribution in [0.3, 0.4) is 0 Å². The van der Waals surface area contributed by atoms with Gasteiger partial charge in [-0.3, -0.25) is 0 Å². The zero-order valence-corrected chi connectivity index (χ0v) is 13.2. The van der Waals surface area contributed by atoms with Gasteiger partial charge in [-0.25, -0.2) is 14.6 Å². The quantitative estimate of drug-likeness (QED) is 0.876. The Balaban J connectivity index is 1.23. The van der Waals surface area contributed by atoms with Gasteiger partial charge in [0.2, 0.25) is 5.95 Å². The lowest BCUT2D eigenvalue weighted by Crippen LogP contribution is -2.46. The van der Waals surface area contributed by atoms with Crippen LogP contribution in [-0.2, 0) is 6.54 Å². The highest BCUT2D eigenvalue weighted by Gasteiger charge is 2.23. The predicted octanol–water partition coefficient (Wildman–Crippen LogP) is 0.973. The zero-order chi connectivity index (χ0) is 15.5. The summed E-state index contributed by atoms with van der Waals surface area (Å²) in [6, 6.07) is 4.49. The van der Waals surface area contributed by atoms with Gasteiger partial charge in [-0.1, -0.05) is 0 Å². The number of piperidine rings is 1. The van der Waals surface area contributed by atoms with Crippen LogP contribution in [0.2, 0.25) is 0 Å². The van der Waals surface area contributed by atoms with Gasteiger partial charge in [-0.2, -0.15) is 5.10 Å². The average molecular weight is 313 g/mol. The lowest BCUT2D eigenvalue weighted by molar-refractivity contribution is 0.342. The molecule has 0 saturated carbocycles. The molecule has 1 saturated heterocycles. The van der Waals surface area contributed by atoms with Crippen molar-refractivity contribution in [1.82, 2.24) is 25.1 Å². The van der Waals surface area contributed by atoms with Gasteiger partial charge < -0.3 is 15.5 Å². The summed E-state index contributed by atoms with van der Waals surface area (Å²) >= 11 is 0. The first-order valence-corrected chi connectivity index (χ1v) is 8.39. The molecule has 2 aromatic heterocycles. The van der Waals surface area contributed by atoms with Crippen LogP contribution in [0.25, 0.3) is 0 Å². The van der Waals surface area contributed by atoms with Crippen LogP contribution in [0.15, 0.2) is 30.7 Å². The Morgan fingerprint density at radius 1 is 1.17 bits per heavy atom. The van der Waals surface area contributed by atoms with E-state index in [-0.39, 0.29) is 0 Å². The Hall–Kier alpha value is -2.15. The summed E-state index contributed by atoms with van der Waals surface area (Å²) in [5.41, 5.74) is 0. The first-order chi connectivity index (χ1) is 11.4. The number of hydrogen-bond acceptors (Lipinski definition) is 6. The molecule has 122 valence electrons. The van der Waals surface area contributed by atoms with Crippen molar-refractivity contribution >= 4 is 11.8 Å². The summed E-state index contributed by atoms with van der Waals surface area (Å²) in [7, 11) is 0. The van der Waals surface area contributed by atoms with Crippen LogP contribution in [0.4, 0.5) is 11.8 Å². The standard InChI is InChI=1S/C16H23N7/c1-5-17-16(18-6-1)22-8-3-14(4-9-22)19-10-13-11-20-15-2-7-21-23(15)12-13/h1-2,5-7,13-14,19-20H,3-4,8-12H2/t13-/m0/s1. The van der Waals surface area contributed by atoms with E-state index in [1.54, 1.807) is 0 Å². The van der Waals surface area contributed by atoms with Crippen LogP contribution >= 0.6 is 0 Å². The smallest absolute Gasteiger partial charge is 0.225 e. The van der Waals surface area contributed by atoms with Crippen molar-refractivity contribution in [2.45, 2.75) is 25.4 Å². The molecule has 2 aliphatic rings. The van der Waals surface area contributed by atoms with Gasteiger partial charge in [0.15, 0.2) is 0 Å². The predicted molar refractivity (Wildman–Crippen MR) is 89.5 cm³/mol. The number of fused-ring (bicyclic) bond motifs is 1. The molecule has 4 rings (SSSR count). The molecule has 0 spiro atoms. The molecule has 7 nitrogen and oxygen atoms in total. The first-order valence-electron chi connectivity index (χ1n) is 8.39. The number of aromatic nitrogens is 4. The lowest BCUT2D eigenvalue weighted by Gasteiger charge is -2.34. The fraction of sp³-hybridized carbons (Fsp3) is 0.562. The number of nitrogens with one attached hydrogen (secondary N) is 2. The fourth-order valence-corrected chi connectivity index (χ4v) is 3.39. The molecule has 1 fully saturated rings. The van der Waals surface area contributed by atoms with Gasteiger partial charge in [-0.15, -0.1) is 0 Å². The Kier molecular flexibility index (Phi) is 4.10. The molecule has 4 heterocycles. The largest absolute Gasteiger partial charge is 0.370 e. The topological polar surface area (TPSA) is 70.9 Å². The molecule has 2 aromatic rings. The van der Waals surface area contributed by atoms with Crippen molar-refractivity contribution in [3.05, 3.63) is 30.7 Å². The SMILES string of the molecule is c1cnc(N2CCC(NC[C@H]3CNc4ccnn4C3)CC2)nc1. The van der Waals surface area contributed by atoms with Gasteiger partial charge in [-0.05, 0) is 18.9 Å². The van der Waals surface area contributed by atoms with E-state index in [2.05, 4.69) is 35.3 Å². The third-order valence-corrected chi connectivity index (χ3v) is 4.74. The molecule has 2 N–H and O–H groups in total. The van der Waals surface area contributed by atoms with E-state index in [0.29, 0.717) is 12.0 Å². The molecule has 2 aliphatic heterocycles. The maximum atomic E-state index is 4.35. The summed E-state index contributed by atoms with van der Waals surface area (Å²) in [4.78, 5) is 11.0. The molecular weight excluding hydrogens is 290 g/mol. The first kappa shape index (κ1) is 14.4. The highest BCUT2D eigenvalue weighted by molar-refractivity contribution is 5.35. The molecule has 0 unspecified atom stereocenters. The minimum atomic E-state index is 0.592. The van der Waals surface area contributed by atoms with Crippen molar-refractivity contribution in [1.29, 1.82) is 0 Å². The molecule has 23 heavy (non-hydrogen) atoms. The van der Waals surface area contributed by atoms with E-state index in [1.165, 1.54) is 0 Å². The molecule has 1 atom stereocenters. The Labute approximate surface area is 136 Å². The van der Waals surface area contributed by atoms with Crippen LogP contribution < -0.4 is 15.5 Å². The summed E-state index contributed by atoms with van der Waals surface area (Å²) < 4.78 is 2.06. The van der Waals surface area contributed by atoms with Crippen molar-refractivity contribution < 1.29 is 0 Å². The van der Waals surface area contributed by atoms with E-state index in [1.807, 2.05) is 30.7 Å². The maximum absolute atomic E-state index is 4.35. The number of nitrogens with zero attached hydrogens (tertiary/aromatic N) is 5. The minimum Gasteiger partial charge on any atom is -0.370 e. The fourth-order valence-electron chi connectivity index (χ4n) is 3.39. The van der Waals surface area contributed by atoms with Crippen molar-refractivity contribution in [3.8, 4) is 0 Å². The third kappa shape index (κ3) is 3.29. The van der Waals surface area contributed by atoms with E-state index in [4.69, 9.17) is 0 Å². The third-order valence-electron chi connectivity index (χ3n) is 4.74. The molecule has 0 amide bonds. The summed E-state index contributed by atoms with van der Waals surface area (Å²) in [6.45, 7) is 5.11. The summed E-state index contributed by atoms with van der Waals surface area (Å²) in [5, 5.41) is 11.5. The van der Waals surface area contributed by atoms with E-state index in [0.717, 1.165) is 57.3 Å². The van der Waals surface area contributed by atoms with Gasteiger partial charge in [0.05, 0.1) is 6.20 Å². The second-order valence-corrected chi connectivity index (χ2v) is 6.36. The second kappa shape index (κ2) is 6.54. The van der Waals surface area contributed by atoms with Crippen molar-refractivity contribution in [2.75, 3.05) is 36.4 Å². The summed E-state index contributed by atoms with van der Waals surface area (Å²) in [6.07, 6.45) is 7.77. The monoisotopic (exact) mass is 313 g/mol. The molecule has 0 aromatic carbocycles. The normalized spacial score (nSPS) is 21.7. The van der Waals surface area contributed by atoms with Crippen LogP contribution in [0, 0.1) is 5.92 Å². The van der Waals surface area contributed by atoms with Crippen LogP contribution in [-0.4, -0.2) is 52.0 Å². The molecule has 7 heteroatoms. The molecule has 0 aliphatic carbocycles. The van der Waals surface area contributed by atoms with Gasteiger partial charge in [0.1, 0.15) is 5.82 Å². The molecule has 0 bridgehead atoms. The number of hydrogen-bond donors (Lipinski definition) is 2. The van der Waals surface area contributed by atoms with E-state index < -0.39 is 0 Å². The number of anilines is 2. The van der Waals surface area contributed by atoms with Gasteiger partial charge in [0, 0.05) is 63.1 Å². The highest BCUT2D eigenvalue weighted by Crippen LogP contribution is 2.18. The van der Waals surface area contributed by atoms with Gasteiger partial charge in [0.25, 0.3) is 0 Å². The van der Waals surface area contributed by atoms with Crippen molar-refractivity contribution in [3.63, 3.8) is 0 Å². The second-order valence-electron chi connectivity index (χ2n) is 6.36. The summed E-state index contributed by atoms with van der Waals surface area (Å²) in [5.74, 6) is 2.59. The maximum Gasteiger partial charge on any atom is 0.225 e. The van der Waals surface area contributed by atoms with Crippen LogP contribution in [0.1, 0.15) is 12.8 Å². The van der Waals surface area contributed by atoms with Crippen LogP contribution in [0.5, 0.6) is 0 Å². The Morgan fingerprint density at radius 3 is 2.83 bits per heavy atom.